The molecule has 0 radical (unpaired) electrons. The van der Waals surface area contributed by atoms with E-state index in [1.165, 1.54) is 25.7 Å². The fourth-order valence-electron chi connectivity index (χ4n) is 1.56. The first kappa shape index (κ1) is 19.9. The van der Waals surface area contributed by atoms with Crippen LogP contribution in [0.2, 0.25) is 0 Å². The van der Waals surface area contributed by atoms with Crippen molar-refractivity contribution in [1.29, 1.82) is 0 Å². The van der Waals surface area contributed by atoms with Gasteiger partial charge in [-0.1, -0.05) is 12.8 Å². The van der Waals surface area contributed by atoms with Gasteiger partial charge in [-0.3, -0.25) is 0 Å². The van der Waals surface area contributed by atoms with E-state index < -0.39 is 0 Å². The van der Waals surface area contributed by atoms with Gasteiger partial charge in [-0.25, -0.2) is 0 Å². The van der Waals surface area contributed by atoms with Crippen molar-refractivity contribution in [3.8, 4) is 0 Å². The minimum Gasteiger partial charge on any atom is -0.328 e. The van der Waals surface area contributed by atoms with E-state index in [1.807, 2.05) is 28.6 Å². The maximum Gasteiger partial charge on any atom is 0.00388 e. The molecule has 1 aliphatic carbocycles. The maximum absolute atomic E-state index is 5.53. The van der Waals surface area contributed by atoms with E-state index in [0.717, 1.165) is 3.80 Å². The molecule has 6 heteroatoms. The van der Waals surface area contributed by atoms with Crippen LogP contribution in [0.15, 0.2) is 19.0 Å². The second-order valence-corrected chi connectivity index (χ2v) is 4.80. The van der Waals surface area contributed by atoms with Crippen LogP contribution in [0.3, 0.4) is 0 Å². The van der Waals surface area contributed by atoms with E-state index in [1.54, 1.807) is 6.20 Å². The Morgan fingerprint density at radius 1 is 1.35 bits per heavy atom. The molecule has 0 aliphatic heterocycles. The zero-order valence-corrected chi connectivity index (χ0v) is 15.6. The van der Waals surface area contributed by atoms with Crippen LogP contribution < -0.4 is 5.73 Å². The first-order chi connectivity index (χ1) is 7.15. The van der Waals surface area contributed by atoms with Gasteiger partial charge in [0.2, 0.25) is 0 Å². The molecule has 1 aromatic heterocycles. The third-order valence-electron chi connectivity index (χ3n) is 2.51. The van der Waals surface area contributed by atoms with E-state index >= 15 is 0 Å². The first-order valence-corrected chi connectivity index (χ1v) is 6.35. The molecular weight excluding hydrogens is 529 g/mol. The van der Waals surface area contributed by atoms with Crippen LogP contribution in [0.25, 0.3) is 6.20 Å². The molecule has 104 valence electrons. The second-order valence-electron chi connectivity index (χ2n) is 3.78. The van der Waals surface area contributed by atoms with Crippen LogP contribution in [0.4, 0.5) is 0 Å². The summed E-state index contributed by atoms with van der Waals surface area (Å²) in [5, 5.41) is 0. The molecule has 0 aromatic carbocycles. The van der Waals surface area contributed by atoms with Gasteiger partial charge in [0.15, 0.2) is 0 Å². The Balaban J connectivity index is 0. The summed E-state index contributed by atoms with van der Waals surface area (Å²) >= 11 is 2.24. The van der Waals surface area contributed by atoms with Gasteiger partial charge in [0.25, 0.3) is 0 Å². The number of nitrogens with two attached hydrogens (primary N) is 1. The molecule has 2 rings (SSSR count). The van der Waals surface area contributed by atoms with Gasteiger partial charge in [0, 0.05) is 6.04 Å². The molecule has 1 aromatic rings. The van der Waals surface area contributed by atoms with Crippen LogP contribution >= 0.6 is 34.0 Å². The monoisotopic (exact) mass is 548 g/mol. The minimum atomic E-state index is 0. The van der Waals surface area contributed by atoms with E-state index in [-0.39, 0.29) is 34.0 Å². The first-order valence-electron chi connectivity index (χ1n) is 5.22. The third-order valence-corrected chi connectivity index (χ3v) is 3.90. The molecular formula is C11H21Br2N3Pt. The average molecular weight is 550 g/mol. The predicted octanol–water partition coefficient (Wildman–Crippen LogP) is 3.05. The molecule has 0 bridgehead atoms. The summed E-state index contributed by atoms with van der Waals surface area (Å²) in [6.45, 7) is 3.65. The molecule has 1 heterocycles. The quantitative estimate of drug-likeness (QED) is 0.574. The number of hydrogen-bond donors (Lipinski definition) is 1. The van der Waals surface area contributed by atoms with Crippen LogP contribution in [0, 0.1) is 3.80 Å². The summed E-state index contributed by atoms with van der Waals surface area (Å²) in [7, 11) is 2.00. The summed E-state index contributed by atoms with van der Waals surface area (Å²) < 4.78 is 5.15. The Morgan fingerprint density at radius 3 is 2.06 bits per heavy atom. The molecule has 0 unspecified atom stereocenters. The van der Waals surface area contributed by atoms with Crippen molar-refractivity contribution >= 4 is 40.2 Å². The summed E-state index contributed by atoms with van der Waals surface area (Å²) in [5.74, 6) is 0. The Labute approximate surface area is 135 Å². The molecule has 0 atom stereocenters. The molecule has 1 fully saturated rings. The van der Waals surface area contributed by atoms with Gasteiger partial charge in [0.1, 0.15) is 0 Å². The Morgan fingerprint density at radius 2 is 1.88 bits per heavy atom. The molecule has 0 saturated heterocycles. The Bertz CT molecular complexity index is 367. The van der Waals surface area contributed by atoms with Crippen LogP contribution in [-0.4, -0.2) is 15.2 Å². The van der Waals surface area contributed by atoms with Gasteiger partial charge in [-0.2, -0.15) is 0 Å². The smallest absolute Gasteiger partial charge is 0.00388 e. The molecule has 0 amide bonds. The van der Waals surface area contributed by atoms with Gasteiger partial charge in [0.05, 0.1) is 0 Å². The van der Waals surface area contributed by atoms with Crippen molar-refractivity contribution < 1.29 is 19.4 Å². The van der Waals surface area contributed by atoms with Gasteiger partial charge in [-0.15, -0.1) is 34.0 Å². The van der Waals surface area contributed by atoms with Crippen molar-refractivity contribution in [1.82, 2.24) is 9.13 Å². The summed E-state index contributed by atoms with van der Waals surface area (Å²) in [6.07, 6.45) is 11.0. The fourth-order valence-corrected chi connectivity index (χ4v) is 2.10. The van der Waals surface area contributed by atoms with Crippen molar-refractivity contribution in [3.05, 3.63) is 22.8 Å². The molecule has 1 aliphatic rings. The summed E-state index contributed by atoms with van der Waals surface area (Å²) in [5.41, 5.74) is 5.53. The number of aromatic nitrogens is 2. The standard InChI is InChI=1S/C6H8N2.C5H11N.2BrH.Pt/c1-3-8-5-4-7(2)6-8;6-5-3-1-2-4-5;;;/h3-5H,1H2,2H3;5H,1-4,6H2;2*1H;. The normalized spacial score (nSPS) is 14.1. The van der Waals surface area contributed by atoms with E-state index in [0.29, 0.717) is 6.04 Å². The molecule has 1 saturated carbocycles. The van der Waals surface area contributed by atoms with Crippen molar-refractivity contribution in [3.63, 3.8) is 0 Å². The summed E-state index contributed by atoms with van der Waals surface area (Å²) in [6, 6.07) is 0.546. The van der Waals surface area contributed by atoms with Crippen molar-refractivity contribution in [2.45, 2.75) is 31.7 Å². The van der Waals surface area contributed by atoms with Crippen LogP contribution in [0.5, 0.6) is 0 Å². The Hall–Kier alpha value is 0.558. The van der Waals surface area contributed by atoms with Crippen LogP contribution in [-0.2, 0) is 26.4 Å². The molecule has 2 N–H and O–H groups in total. The second kappa shape index (κ2) is 10.5. The molecule has 17 heavy (non-hydrogen) atoms. The molecule has 0 spiro atoms. The maximum atomic E-state index is 5.53. The van der Waals surface area contributed by atoms with Crippen molar-refractivity contribution in [2.24, 2.45) is 12.8 Å². The van der Waals surface area contributed by atoms with Gasteiger partial charge >= 0.3 is 64.5 Å². The number of imidazole rings is 1. The van der Waals surface area contributed by atoms with E-state index in [4.69, 9.17) is 5.73 Å². The van der Waals surface area contributed by atoms with Crippen LogP contribution in [0.1, 0.15) is 25.7 Å². The number of hydrogen-bond acceptors (Lipinski definition) is 1. The summed E-state index contributed by atoms with van der Waals surface area (Å²) in [4.78, 5) is 0. The predicted molar refractivity (Wildman–Crippen MR) is 80.1 cm³/mol. The Kier molecular flexibility index (Phi) is 12.3. The zero-order valence-electron chi connectivity index (χ0n) is 9.95. The number of nitrogens with zero attached hydrogens (tertiary/aromatic N) is 2. The number of halogens is 2. The third kappa shape index (κ3) is 6.90. The largest absolute Gasteiger partial charge is 0.328 e. The van der Waals surface area contributed by atoms with Gasteiger partial charge in [-0.05, 0) is 12.8 Å². The minimum absolute atomic E-state index is 0. The topological polar surface area (TPSA) is 35.9 Å². The fraction of sp³-hybridized carbons (Fsp3) is 0.545. The number of aryl methyl sites for hydroxylation is 1. The SMILES string of the molecule is Br.Br.C=Cn1ccn(C)[c]1=[Pt].NC1CCCC1. The number of rotatable bonds is 1. The zero-order chi connectivity index (χ0) is 11.3. The molecule has 3 nitrogen and oxygen atoms in total. The van der Waals surface area contributed by atoms with Gasteiger partial charge < -0.3 is 5.73 Å². The van der Waals surface area contributed by atoms with E-state index in [9.17, 15) is 0 Å². The average Bonchev–Trinajstić information content (AvgIpc) is 2.80. The van der Waals surface area contributed by atoms with Crippen molar-refractivity contribution in [2.75, 3.05) is 0 Å². The van der Waals surface area contributed by atoms with E-state index in [2.05, 4.69) is 25.9 Å².